The number of carbonyl (C=O) groups excluding carboxylic acids is 1. The van der Waals surface area contributed by atoms with Gasteiger partial charge in [-0.1, -0.05) is 18.2 Å². The Hall–Kier alpha value is -3.08. The lowest BCUT2D eigenvalue weighted by atomic mass is 9.93. The van der Waals surface area contributed by atoms with Crippen LogP contribution in [-0.2, 0) is 0 Å². The highest BCUT2D eigenvalue weighted by molar-refractivity contribution is 5.94. The number of hydrogen-bond donors (Lipinski definition) is 0. The largest absolute Gasteiger partial charge is 0.330 e. The molecule has 0 spiro atoms. The summed E-state index contributed by atoms with van der Waals surface area (Å²) < 4.78 is 0. The molecule has 1 saturated heterocycles. The summed E-state index contributed by atoms with van der Waals surface area (Å²) in [7, 11) is 0. The molecule has 1 atom stereocenters. The summed E-state index contributed by atoms with van der Waals surface area (Å²) in [5, 5.41) is 0. The molecule has 0 bridgehead atoms. The molecule has 27 heavy (non-hydrogen) atoms. The highest BCUT2D eigenvalue weighted by Crippen LogP contribution is 2.36. The monoisotopic (exact) mass is 358 g/mol. The zero-order valence-corrected chi connectivity index (χ0v) is 15.4. The van der Waals surface area contributed by atoms with Gasteiger partial charge in [-0.3, -0.25) is 9.78 Å². The number of carbonyl (C=O) groups is 1. The summed E-state index contributed by atoms with van der Waals surface area (Å²) in [6.07, 6.45) is 8.42. The van der Waals surface area contributed by atoms with Gasteiger partial charge >= 0.3 is 0 Å². The number of pyridine rings is 1. The molecule has 0 aliphatic carbocycles. The number of aromatic nitrogens is 3. The quantitative estimate of drug-likeness (QED) is 0.703. The minimum atomic E-state index is -0.0451. The number of nitrogens with zero attached hydrogens (tertiary/aromatic N) is 4. The Kier molecular flexibility index (Phi) is 4.92. The normalized spacial score (nSPS) is 16.9. The fourth-order valence-electron chi connectivity index (χ4n) is 3.70. The second-order valence-corrected chi connectivity index (χ2v) is 6.83. The van der Waals surface area contributed by atoms with Crippen LogP contribution in [0.5, 0.6) is 0 Å². The van der Waals surface area contributed by atoms with Gasteiger partial charge in [-0.15, -0.1) is 0 Å². The van der Waals surface area contributed by atoms with Gasteiger partial charge in [0.15, 0.2) is 0 Å². The topological polar surface area (TPSA) is 59.0 Å². The van der Waals surface area contributed by atoms with Crippen molar-refractivity contribution >= 4 is 5.91 Å². The summed E-state index contributed by atoms with van der Waals surface area (Å²) in [6, 6.07) is 13.4. The van der Waals surface area contributed by atoms with Crippen LogP contribution in [-0.4, -0.2) is 32.3 Å². The van der Waals surface area contributed by atoms with E-state index in [1.54, 1.807) is 12.4 Å². The van der Waals surface area contributed by atoms with Gasteiger partial charge in [-0.05, 0) is 56.0 Å². The lowest BCUT2D eigenvalue weighted by molar-refractivity contribution is 0.0606. The van der Waals surface area contributed by atoms with E-state index in [4.69, 9.17) is 4.98 Å². The van der Waals surface area contributed by atoms with E-state index in [1.807, 2.05) is 60.5 Å². The number of hydrogen-bond acceptors (Lipinski definition) is 4. The second-order valence-electron chi connectivity index (χ2n) is 6.83. The van der Waals surface area contributed by atoms with Crippen LogP contribution in [0, 0.1) is 6.92 Å². The molecule has 0 N–H and O–H groups in total. The smallest absolute Gasteiger partial charge is 0.254 e. The first-order valence-corrected chi connectivity index (χ1v) is 9.34. The Morgan fingerprint density at radius 2 is 1.85 bits per heavy atom. The third-order valence-corrected chi connectivity index (χ3v) is 5.03. The molecule has 1 aromatic carbocycles. The van der Waals surface area contributed by atoms with Gasteiger partial charge in [-0.25, -0.2) is 9.97 Å². The Balaban J connectivity index is 1.76. The number of likely N-dealkylation sites (tertiary alicyclic amines) is 1. The first-order valence-electron chi connectivity index (χ1n) is 9.34. The molecule has 1 amide bonds. The lowest BCUT2D eigenvalue weighted by Gasteiger charge is -2.36. The van der Waals surface area contributed by atoms with Crippen LogP contribution >= 0.6 is 0 Å². The van der Waals surface area contributed by atoms with Crippen LogP contribution in [0.2, 0.25) is 0 Å². The number of rotatable bonds is 3. The standard InChI is InChI=1S/C22H22N4O/c1-16-24-15-19(17-10-12-23-13-11-17)21(25-16)20-9-5-6-14-26(20)22(27)18-7-3-2-4-8-18/h2-4,7-8,10-13,15,20H,5-6,9,14H2,1H3. The molecule has 4 rings (SSSR count). The third kappa shape index (κ3) is 3.58. The summed E-state index contributed by atoms with van der Waals surface area (Å²) in [5.74, 6) is 0.790. The van der Waals surface area contributed by atoms with E-state index in [0.29, 0.717) is 0 Å². The first kappa shape index (κ1) is 17.3. The highest BCUT2D eigenvalue weighted by Gasteiger charge is 2.31. The first-order chi connectivity index (χ1) is 13.2. The molecule has 136 valence electrons. The van der Waals surface area contributed by atoms with Gasteiger partial charge in [0.2, 0.25) is 0 Å². The van der Waals surface area contributed by atoms with E-state index in [9.17, 15) is 4.79 Å². The molecule has 2 aromatic heterocycles. The minimum absolute atomic E-state index is 0.0451. The summed E-state index contributed by atoms with van der Waals surface area (Å²) in [5.41, 5.74) is 3.65. The van der Waals surface area contributed by atoms with Gasteiger partial charge in [0, 0.05) is 36.3 Å². The van der Waals surface area contributed by atoms with E-state index in [-0.39, 0.29) is 11.9 Å². The van der Waals surface area contributed by atoms with Crippen molar-refractivity contribution in [2.24, 2.45) is 0 Å². The maximum absolute atomic E-state index is 13.2. The molecule has 1 unspecified atom stereocenters. The molecular formula is C22H22N4O. The fraction of sp³-hybridized carbons (Fsp3) is 0.273. The van der Waals surface area contributed by atoms with Gasteiger partial charge < -0.3 is 4.90 Å². The predicted octanol–water partition coefficient (Wildman–Crippen LogP) is 4.21. The second kappa shape index (κ2) is 7.66. The van der Waals surface area contributed by atoms with Crippen molar-refractivity contribution < 1.29 is 4.79 Å². The summed E-state index contributed by atoms with van der Waals surface area (Å²) in [4.78, 5) is 28.5. The van der Waals surface area contributed by atoms with E-state index in [1.165, 1.54) is 0 Å². The van der Waals surface area contributed by atoms with Crippen LogP contribution < -0.4 is 0 Å². The Labute approximate surface area is 159 Å². The van der Waals surface area contributed by atoms with Crippen molar-refractivity contribution in [1.82, 2.24) is 19.9 Å². The minimum Gasteiger partial charge on any atom is -0.330 e. The number of amides is 1. The van der Waals surface area contributed by atoms with E-state index < -0.39 is 0 Å². The Morgan fingerprint density at radius 3 is 2.63 bits per heavy atom. The number of piperidine rings is 1. The van der Waals surface area contributed by atoms with Crippen molar-refractivity contribution in [3.63, 3.8) is 0 Å². The Bertz CT molecular complexity index is 928. The Morgan fingerprint density at radius 1 is 1.07 bits per heavy atom. The molecule has 0 radical (unpaired) electrons. The molecule has 1 aliphatic heterocycles. The number of aryl methyl sites for hydroxylation is 1. The van der Waals surface area contributed by atoms with Gasteiger partial charge in [0.05, 0.1) is 11.7 Å². The maximum atomic E-state index is 13.2. The molecule has 3 aromatic rings. The van der Waals surface area contributed by atoms with Crippen molar-refractivity contribution in [3.8, 4) is 11.1 Å². The average Bonchev–Trinajstić information content (AvgIpc) is 2.74. The van der Waals surface area contributed by atoms with Crippen LogP contribution in [0.3, 0.4) is 0 Å². The average molecular weight is 358 g/mol. The molecular weight excluding hydrogens is 336 g/mol. The molecule has 3 heterocycles. The van der Waals surface area contributed by atoms with Crippen molar-refractivity contribution in [1.29, 1.82) is 0 Å². The van der Waals surface area contributed by atoms with Crippen LogP contribution in [0.25, 0.3) is 11.1 Å². The zero-order valence-electron chi connectivity index (χ0n) is 15.4. The van der Waals surface area contributed by atoms with Gasteiger partial charge in [0.1, 0.15) is 5.82 Å². The third-order valence-electron chi connectivity index (χ3n) is 5.03. The molecule has 5 heteroatoms. The van der Waals surface area contributed by atoms with Crippen molar-refractivity contribution in [3.05, 3.63) is 78.1 Å². The summed E-state index contributed by atoms with van der Waals surface area (Å²) in [6.45, 7) is 2.64. The van der Waals surface area contributed by atoms with Gasteiger partial charge in [0.25, 0.3) is 5.91 Å². The van der Waals surface area contributed by atoms with Crippen molar-refractivity contribution in [2.75, 3.05) is 6.54 Å². The van der Waals surface area contributed by atoms with E-state index in [0.717, 1.165) is 54.0 Å². The van der Waals surface area contributed by atoms with Crippen LogP contribution in [0.4, 0.5) is 0 Å². The van der Waals surface area contributed by atoms with E-state index in [2.05, 4.69) is 9.97 Å². The molecule has 5 nitrogen and oxygen atoms in total. The maximum Gasteiger partial charge on any atom is 0.254 e. The van der Waals surface area contributed by atoms with Gasteiger partial charge in [-0.2, -0.15) is 0 Å². The number of benzene rings is 1. The summed E-state index contributed by atoms with van der Waals surface area (Å²) >= 11 is 0. The highest BCUT2D eigenvalue weighted by atomic mass is 16.2. The SMILES string of the molecule is Cc1ncc(-c2ccncc2)c(C2CCCCN2C(=O)c2ccccc2)n1. The van der Waals surface area contributed by atoms with E-state index >= 15 is 0 Å². The fourth-order valence-corrected chi connectivity index (χ4v) is 3.70. The van der Waals surface area contributed by atoms with Crippen LogP contribution in [0.1, 0.15) is 47.2 Å². The predicted molar refractivity (Wildman–Crippen MR) is 104 cm³/mol. The molecule has 1 fully saturated rings. The molecule has 0 saturated carbocycles. The zero-order chi connectivity index (χ0) is 18.6. The van der Waals surface area contributed by atoms with Crippen molar-refractivity contribution in [2.45, 2.75) is 32.2 Å². The molecule has 1 aliphatic rings. The van der Waals surface area contributed by atoms with Crippen LogP contribution in [0.15, 0.2) is 61.1 Å². The lowest BCUT2D eigenvalue weighted by Crippen LogP contribution is -2.39.